The Bertz CT molecular complexity index is 271. The SMILES string of the molecule is CCCCN(CCCC)C(=S)[S-].CCCCN(CCCC)C(=S)[S-].[V+2]. The molecular weight excluding hydrogens is 423 g/mol. The van der Waals surface area contributed by atoms with Crippen LogP contribution in [0.1, 0.15) is 79.1 Å². The van der Waals surface area contributed by atoms with Crippen molar-refractivity contribution in [1.82, 2.24) is 9.80 Å². The van der Waals surface area contributed by atoms with Crippen molar-refractivity contribution in [3.05, 3.63) is 0 Å². The molecule has 147 valence electrons. The van der Waals surface area contributed by atoms with Crippen molar-refractivity contribution in [2.45, 2.75) is 79.1 Å². The monoisotopic (exact) mass is 459 g/mol. The van der Waals surface area contributed by atoms with Crippen molar-refractivity contribution in [3.8, 4) is 0 Å². The van der Waals surface area contributed by atoms with Crippen molar-refractivity contribution in [2.75, 3.05) is 26.2 Å². The van der Waals surface area contributed by atoms with Gasteiger partial charge in [0.2, 0.25) is 0 Å². The number of nitrogens with zero attached hydrogens (tertiary/aromatic N) is 2. The molecule has 0 spiro atoms. The molecule has 0 aliphatic heterocycles. The van der Waals surface area contributed by atoms with Crippen molar-refractivity contribution in [3.63, 3.8) is 0 Å². The topological polar surface area (TPSA) is 6.48 Å². The zero-order valence-corrected chi connectivity index (χ0v) is 21.1. The van der Waals surface area contributed by atoms with Gasteiger partial charge in [-0.15, -0.1) is 0 Å². The Morgan fingerprint density at radius 2 is 0.800 bits per heavy atom. The van der Waals surface area contributed by atoms with E-state index in [2.05, 4.69) is 37.5 Å². The summed E-state index contributed by atoms with van der Waals surface area (Å²) >= 11 is 19.9. The fourth-order valence-corrected chi connectivity index (χ4v) is 2.71. The van der Waals surface area contributed by atoms with Crippen LogP contribution in [0.5, 0.6) is 0 Å². The molecular formula is C18H36N2S4V. The van der Waals surface area contributed by atoms with Crippen LogP contribution in [0.25, 0.3) is 0 Å². The second kappa shape index (κ2) is 22.8. The number of hydrogen-bond acceptors (Lipinski definition) is 4. The van der Waals surface area contributed by atoms with Gasteiger partial charge >= 0.3 is 18.6 Å². The predicted molar refractivity (Wildman–Crippen MR) is 123 cm³/mol. The summed E-state index contributed by atoms with van der Waals surface area (Å²) in [5, 5.41) is 0. The van der Waals surface area contributed by atoms with Gasteiger partial charge in [0.05, 0.1) is 0 Å². The Kier molecular flexibility index (Phi) is 27.9. The maximum absolute atomic E-state index is 4.98. The average molecular weight is 460 g/mol. The second-order valence-electron chi connectivity index (χ2n) is 5.92. The van der Waals surface area contributed by atoms with Gasteiger partial charge in [-0.05, 0) is 25.7 Å². The Morgan fingerprint density at radius 3 is 0.920 bits per heavy atom. The van der Waals surface area contributed by atoms with Crippen LogP contribution in [0.4, 0.5) is 0 Å². The Labute approximate surface area is 191 Å². The molecule has 0 aromatic rings. The van der Waals surface area contributed by atoms with E-state index in [1.807, 2.05) is 0 Å². The van der Waals surface area contributed by atoms with Gasteiger partial charge in [0.15, 0.2) is 0 Å². The first-order chi connectivity index (χ1) is 11.4. The third-order valence-corrected chi connectivity index (χ3v) is 4.68. The maximum atomic E-state index is 4.98. The van der Waals surface area contributed by atoms with E-state index in [0.717, 1.165) is 26.2 Å². The van der Waals surface area contributed by atoms with Gasteiger partial charge in [-0.1, -0.05) is 62.0 Å². The first-order valence-corrected chi connectivity index (χ1v) is 11.0. The minimum atomic E-state index is 0. The van der Waals surface area contributed by atoms with E-state index in [-0.39, 0.29) is 18.6 Å². The fourth-order valence-electron chi connectivity index (χ4n) is 1.98. The zero-order chi connectivity index (χ0) is 18.8. The Balaban J connectivity index is -0.000000372. The Hall–Kier alpha value is 0.804. The third kappa shape index (κ3) is 21.0. The quantitative estimate of drug-likeness (QED) is 0.281. The van der Waals surface area contributed by atoms with E-state index in [1.165, 1.54) is 51.4 Å². The summed E-state index contributed by atoms with van der Waals surface area (Å²) < 4.78 is 1.27. The molecule has 0 aromatic heterocycles. The third-order valence-electron chi connectivity index (χ3n) is 3.64. The molecule has 0 N–H and O–H groups in total. The average Bonchev–Trinajstić information content (AvgIpc) is 2.55. The zero-order valence-electron chi connectivity index (χ0n) is 16.5. The van der Waals surface area contributed by atoms with Crippen molar-refractivity contribution in [2.24, 2.45) is 0 Å². The molecule has 0 saturated heterocycles. The van der Waals surface area contributed by atoms with Crippen molar-refractivity contribution >= 4 is 58.3 Å². The van der Waals surface area contributed by atoms with Gasteiger partial charge in [0.25, 0.3) is 0 Å². The molecule has 0 aliphatic carbocycles. The molecule has 0 atom stereocenters. The molecule has 0 aromatic carbocycles. The first kappa shape index (κ1) is 30.5. The van der Waals surface area contributed by atoms with Crippen LogP contribution in [0.15, 0.2) is 0 Å². The van der Waals surface area contributed by atoms with E-state index in [4.69, 9.17) is 49.7 Å². The molecule has 0 saturated carbocycles. The molecule has 0 fully saturated rings. The standard InChI is InChI=1S/2C9H19NS2.V/c2*1-3-5-7-10(9(11)12)8-6-4-2;/h2*3-8H2,1-2H3,(H,11,12);/q;;+2/p-2. The Morgan fingerprint density at radius 1 is 0.600 bits per heavy atom. The summed E-state index contributed by atoms with van der Waals surface area (Å²) in [6.45, 7) is 12.9. The van der Waals surface area contributed by atoms with Crippen molar-refractivity contribution in [1.29, 1.82) is 0 Å². The van der Waals surface area contributed by atoms with Gasteiger partial charge in [-0.2, -0.15) is 0 Å². The smallest absolute Gasteiger partial charge is 0.411 e. The summed E-state index contributed by atoms with van der Waals surface area (Å²) in [4.78, 5) is 4.27. The summed E-state index contributed by atoms with van der Waals surface area (Å²) in [6.07, 6.45) is 9.62. The molecule has 0 rings (SSSR count). The van der Waals surface area contributed by atoms with Gasteiger partial charge in [-0.3, -0.25) is 0 Å². The first-order valence-electron chi connectivity index (χ1n) is 9.36. The molecule has 7 heteroatoms. The molecule has 0 unspecified atom stereocenters. The van der Waals surface area contributed by atoms with Crippen LogP contribution in [-0.2, 0) is 43.8 Å². The number of rotatable bonds is 12. The minimum Gasteiger partial charge on any atom is -0.411 e. The van der Waals surface area contributed by atoms with E-state index < -0.39 is 0 Å². The van der Waals surface area contributed by atoms with Crippen LogP contribution < -0.4 is 0 Å². The summed E-state index contributed by atoms with van der Waals surface area (Å²) in [5.74, 6) is 0. The van der Waals surface area contributed by atoms with Crippen LogP contribution >= 0.6 is 24.4 Å². The van der Waals surface area contributed by atoms with Crippen LogP contribution in [-0.4, -0.2) is 44.6 Å². The molecule has 25 heavy (non-hydrogen) atoms. The number of thiocarbonyl (C=S) groups is 2. The second-order valence-corrected chi connectivity index (χ2v) is 7.98. The van der Waals surface area contributed by atoms with Crippen LogP contribution in [0.3, 0.4) is 0 Å². The largest absolute Gasteiger partial charge is 2.00 e. The molecule has 2 nitrogen and oxygen atoms in total. The van der Waals surface area contributed by atoms with Gasteiger partial charge < -0.3 is 59.5 Å². The van der Waals surface area contributed by atoms with Gasteiger partial charge in [0, 0.05) is 26.2 Å². The van der Waals surface area contributed by atoms with E-state index in [0.29, 0.717) is 8.64 Å². The fraction of sp³-hybridized carbons (Fsp3) is 0.889. The molecule has 1 radical (unpaired) electrons. The van der Waals surface area contributed by atoms with Crippen molar-refractivity contribution < 1.29 is 18.6 Å². The summed E-state index contributed by atoms with van der Waals surface area (Å²) in [6, 6.07) is 0. The predicted octanol–water partition coefficient (Wildman–Crippen LogP) is 5.44. The molecule has 0 aliphatic rings. The van der Waals surface area contributed by atoms with Gasteiger partial charge in [-0.25, -0.2) is 0 Å². The summed E-state index contributed by atoms with van der Waals surface area (Å²) in [7, 11) is 0. The summed E-state index contributed by atoms with van der Waals surface area (Å²) in [5.41, 5.74) is 0. The van der Waals surface area contributed by atoms with E-state index >= 15 is 0 Å². The minimum absolute atomic E-state index is 0. The molecule has 0 bridgehead atoms. The van der Waals surface area contributed by atoms with Gasteiger partial charge in [0.1, 0.15) is 0 Å². The van der Waals surface area contributed by atoms with Crippen LogP contribution in [0, 0.1) is 0 Å². The number of hydrogen-bond donors (Lipinski definition) is 0. The van der Waals surface area contributed by atoms with Crippen LogP contribution in [0.2, 0.25) is 0 Å². The molecule has 0 amide bonds. The molecule has 0 heterocycles. The maximum Gasteiger partial charge on any atom is 2.00 e. The number of unbranched alkanes of at least 4 members (excludes halogenated alkanes) is 4. The van der Waals surface area contributed by atoms with E-state index in [1.54, 1.807) is 0 Å². The van der Waals surface area contributed by atoms with E-state index in [9.17, 15) is 0 Å². The normalized spacial score (nSPS) is 9.44.